The number of benzene rings is 2. The summed E-state index contributed by atoms with van der Waals surface area (Å²) in [5, 5.41) is 2.19. The fraction of sp³-hybridized carbons (Fsp3) is 0.235. The molecule has 5 nitrogen and oxygen atoms in total. The Balaban J connectivity index is 2.33. The van der Waals surface area contributed by atoms with Gasteiger partial charge in [-0.25, -0.2) is 17.2 Å². The van der Waals surface area contributed by atoms with E-state index >= 15 is 0 Å². The van der Waals surface area contributed by atoms with Crippen LogP contribution in [-0.2, 0) is 21.0 Å². The molecule has 2 aromatic rings. The highest BCUT2D eigenvalue weighted by molar-refractivity contribution is 7.92. The van der Waals surface area contributed by atoms with Gasteiger partial charge in [0.15, 0.2) is 11.6 Å². The molecule has 0 radical (unpaired) electrons. The van der Waals surface area contributed by atoms with Gasteiger partial charge in [-0.1, -0.05) is 6.07 Å². The number of nitrogens with zero attached hydrogens (tertiary/aromatic N) is 1. The maximum absolute atomic E-state index is 13.5. The van der Waals surface area contributed by atoms with E-state index in [1.54, 1.807) is 0 Å². The molecular weight excluding hydrogens is 407 g/mol. The summed E-state index contributed by atoms with van der Waals surface area (Å²) in [5.41, 5.74) is -1.52. The van der Waals surface area contributed by atoms with Crippen LogP contribution in [0.3, 0.4) is 0 Å². The van der Waals surface area contributed by atoms with Crippen LogP contribution >= 0.6 is 0 Å². The molecule has 11 heteroatoms. The van der Waals surface area contributed by atoms with Gasteiger partial charge < -0.3 is 5.32 Å². The van der Waals surface area contributed by atoms with Gasteiger partial charge in [-0.05, 0) is 37.3 Å². The molecule has 1 atom stereocenters. The molecule has 0 aliphatic carbocycles. The lowest BCUT2D eigenvalue weighted by Gasteiger charge is -2.28. The molecule has 1 amide bonds. The Morgan fingerprint density at radius 2 is 1.71 bits per heavy atom. The predicted octanol–water partition coefficient (Wildman–Crippen LogP) is 3.78. The van der Waals surface area contributed by atoms with Crippen LogP contribution in [0.1, 0.15) is 12.5 Å². The first-order valence-electron chi connectivity index (χ1n) is 7.73. The van der Waals surface area contributed by atoms with Crippen LogP contribution in [0.5, 0.6) is 0 Å². The summed E-state index contributed by atoms with van der Waals surface area (Å²) in [6, 6.07) is 4.57. The van der Waals surface area contributed by atoms with Crippen molar-refractivity contribution in [2.75, 3.05) is 15.9 Å². The zero-order valence-electron chi connectivity index (χ0n) is 14.6. The predicted molar refractivity (Wildman–Crippen MR) is 93.2 cm³/mol. The largest absolute Gasteiger partial charge is 0.416 e. The van der Waals surface area contributed by atoms with E-state index in [0.29, 0.717) is 22.5 Å². The number of anilines is 2. The maximum atomic E-state index is 13.5. The summed E-state index contributed by atoms with van der Waals surface area (Å²) in [6.07, 6.45) is -3.88. The number of sulfonamides is 1. The molecule has 0 unspecified atom stereocenters. The van der Waals surface area contributed by atoms with Gasteiger partial charge in [-0.15, -0.1) is 0 Å². The lowest BCUT2D eigenvalue weighted by molar-refractivity contribution is -0.137. The fourth-order valence-electron chi connectivity index (χ4n) is 2.45. The van der Waals surface area contributed by atoms with Crippen LogP contribution in [0.15, 0.2) is 42.5 Å². The molecule has 0 fully saturated rings. The number of alkyl halides is 3. The van der Waals surface area contributed by atoms with Gasteiger partial charge in [0.2, 0.25) is 15.9 Å². The molecule has 0 saturated carbocycles. The maximum Gasteiger partial charge on any atom is 0.416 e. The summed E-state index contributed by atoms with van der Waals surface area (Å²) < 4.78 is 89.7. The van der Waals surface area contributed by atoms with Crippen molar-refractivity contribution in [3.05, 3.63) is 59.7 Å². The SMILES string of the molecule is C[C@H](C(=O)Nc1cccc(C(F)(F)F)c1)N(c1ccc(F)c(F)c1)S(C)(=O)=O. The minimum Gasteiger partial charge on any atom is -0.324 e. The first-order chi connectivity index (χ1) is 12.8. The van der Waals surface area contributed by atoms with Gasteiger partial charge in [0.05, 0.1) is 17.5 Å². The van der Waals surface area contributed by atoms with Crippen LogP contribution in [0, 0.1) is 11.6 Å². The van der Waals surface area contributed by atoms with Crippen molar-refractivity contribution < 1.29 is 35.2 Å². The van der Waals surface area contributed by atoms with E-state index in [0.717, 1.165) is 31.4 Å². The third kappa shape index (κ3) is 4.97. The Bertz CT molecular complexity index is 993. The second-order valence-corrected chi connectivity index (χ2v) is 7.76. The van der Waals surface area contributed by atoms with E-state index in [4.69, 9.17) is 0 Å². The second-order valence-electron chi connectivity index (χ2n) is 5.90. The van der Waals surface area contributed by atoms with E-state index < -0.39 is 45.3 Å². The molecular formula is C17H15F5N2O3S. The minimum absolute atomic E-state index is 0.203. The molecule has 0 aromatic heterocycles. The topological polar surface area (TPSA) is 66.5 Å². The Kier molecular flexibility index (Phi) is 5.97. The first-order valence-corrected chi connectivity index (χ1v) is 9.58. The molecule has 0 heterocycles. The number of rotatable bonds is 5. The highest BCUT2D eigenvalue weighted by atomic mass is 32.2. The second kappa shape index (κ2) is 7.74. The lowest BCUT2D eigenvalue weighted by atomic mass is 10.2. The molecule has 2 aromatic carbocycles. The van der Waals surface area contributed by atoms with Crippen LogP contribution in [0.2, 0.25) is 0 Å². The number of hydrogen-bond donors (Lipinski definition) is 1. The molecule has 28 heavy (non-hydrogen) atoms. The van der Waals surface area contributed by atoms with Crippen molar-refractivity contribution in [3.8, 4) is 0 Å². The van der Waals surface area contributed by atoms with Crippen LogP contribution in [0.4, 0.5) is 33.3 Å². The van der Waals surface area contributed by atoms with Gasteiger partial charge in [0, 0.05) is 11.8 Å². The Hall–Kier alpha value is -2.69. The molecule has 2 rings (SSSR count). The van der Waals surface area contributed by atoms with Crippen molar-refractivity contribution >= 4 is 27.3 Å². The van der Waals surface area contributed by atoms with Gasteiger partial charge in [-0.2, -0.15) is 13.2 Å². The third-order valence-corrected chi connectivity index (χ3v) is 4.95. The zero-order valence-corrected chi connectivity index (χ0v) is 15.4. The van der Waals surface area contributed by atoms with Crippen LogP contribution in [-0.4, -0.2) is 26.6 Å². The van der Waals surface area contributed by atoms with E-state index in [-0.39, 0.29) is 11.4 Å². The standard InChI is InChI=1S/C17H15F5N2O3S/c1-10(16(25)23-12-5-3-4-11(8-12)17(20,21)22)24(28(2,26)27)13-6-7-14(18)15(19)9-13/h3-10H,1-2H3,(H,23,25)/t10-/m1/s1. The van der Waals surface area contributed by atoms with Gasteiger partial charge in [0.25, 0.3) is 0 Å². The van der Waals surface area contributed by atoms with Crippen LogP contribution in [0.25, 0.3) is 0 Å². The van der Waals surface area contributed by atoms with Crippen molar-refractivity contribution in [1.29, 1.82) is 0 Å². The summed E-state index contributed by atoms with van der Waals surface area (Å²) in [5.74, 6) is -3.50. The molecule has 0 aliphatic heterocycles. The summed E-state index contributed by atoms with van der Waals surface area (Å²) in [6.45, 7) is 1.16. The van der Waals surface area contributed by atoms with Gasteiger partial charge in [-0.3, -0.25) is 9.10 Å². The van der Waals surface area contributed by atoms with Crippen molar-refractivity contribution in [2.45, 2.75) is 19.1 Å². The van der Waals surface area contributed by atoms with Crippen molar-refractivity contribution in [1.82, 2.24) is 0 Å². The number of hydrogen-bond acceptors (Lipinski definition) is 3. The molecule has 0 spiro atoms. The van der Waals surface area contributed by atoms with E-state index in [1.165, 1.54) is 6.07 Å². The van der Waals surface area contributed by atoms with Crippen molar-refractivity contribution in [2.24, 2.45) is 0 Å². The molecule has 0 aliphatic rings. The number of carbonyl (C=O) groups excluding carboxylic acids is 1. The van der Waals surface area contributed by atoms with Gasteiger partial charge >= 0.3 is 6.18 Å². The van der Waals surface area contributed by atoms with Crippen LogP contribution < -0.4 is 9.62 Å². The quantitative estimate of drug-likeness (QED) is 0.746. The van der Waals surface area contributed by atoms with E-state index in [1.807, 2.05) is 0 Å². The summed E-state index contributed by atoms with van der Waals surface area (Å²) in [4.78, 5) is 12.4. The highest BCUT2D eigenvalue weighted by Gasteiger charge is 2.32. The van der Waals surface area contributed by atoms with E-state index in [2.05, 4.69) is 5.32 Å². The van der Waals surface area contributed by atoms with E-state index in [9.17, 15) is 35.2 Å². The van der Waals surface area contributed by atoms with Gasteiger partial charge in [0.1, 0.15) is 6.04 Å². The highest BCUT2D eigenvalue weighted by Crippen LogP contribution is 2.31. The molecule has 0 saturated heterocycles. The minimum atomic E-state index is -4.63. The average Bonchev–Trinajstić information content (AvgIpc) is 2.56. The van der Waals surface area contributed by atoms with Crippen molar-refractivity contribution in [3.63, 3.8) is 0 Å². The lowest BCUT2D eigenvalue weighted by Crippen LogP contribution is -2.45. The number of halogens is 5. The fourth-order valence-corrected chi connectivity index (χ4v) is 3.62. The molecule has 152 valence electrons. The smallest absolute Gasteiger partial charge is 0.324 e. The number of carbonyl (C=O) groups is 1. The normalized spacial score (nSPS) is 13.1. The Morgan fingerprint density at radius 3 is 2.25 bits per heavy atom. The average molecular weight is 422 g/mol. The summed E-state index contributed by atoms with van der Waals surface area (Å²) in [7, 11) is -4.11. The first kappa shape index (κ1) is 21.6. The number of amides is 1. The molecule has 0 bridgehead atoms. The third-order valence-electron chi connectivity index (χ3n) is 3.70. The Morgan fingerprint density at radius 1 is 1.07 bits per heavy atom. The molecule has 1 N–H and O–H groups in total. The summed E-state index contributed by atoms with van der Waals surface area (Å²) >= 11 is 0. The monoisotopic (exact) mass is 422 g/mol. The zero-order chi connectivity index (χ0) is 21.3. The number of nitrogens with one attached hydrogen (secondary N) is 1. The Labute approximate surface area is 157 Å².